The molecule has 0 aromatic carbocycles. The summed E-state index contributed by atoms with van der Waals surface area (Å²) in [4.78, 5) is 25.4. The van der Waals surface area contributed by atoms with Crippen LogP contribution in [-0.2, 0) is 19.1 Å². The Labute approximate surface area is 119 Å². The predicted molar refractivity (Wildman–Crippen MR) is 71.2 cm³/mol. The Morgan fingerprint density at radius 1 is 1.42 bits per heavy atom. The summed E-state index contributed by atoms with van der Waals surface area (Å²) in [6.07, 6.45) is 1.46. The molecule has 1 heterocycles. The van der Waals surface area contributed by atoms with Crippen molar-refractivity contribution < 1.29 is 19.1 Å². The minimum Gasteiger partial charge on any atom is -0.465 e. The van der Waals surface area contributed by atoms with Crippen molar-refractivity contribution in [2.75, 3.05) is 32.8 Å². The first-order chi connectivity index (χ1) is 8.72. The number of amides is 1. The van der Waals surface area contributed by atoms with Crippen LogP contribution in [0.5, 0.6) is 0 Å². The molecule has 19 heavy (non-hydrogen) atoms. The van der Waals surface area contributed by atoms with Gasteiger partial charge in [0.25, 0.3) is 5.91 Å². The maximum Gasteiger partial charge on any atom is 0.325 e. The van der Waals surface area contributed by atoms with Crippen molar-refractivity contribution in [2.24, 2.45) is 0 Å². The number of hydrogen-bond acceptors (Lipinski definition) is 5. The second-order valence-electron chi connectivity index (χ2n) is 4.57. The van der Waals surface area contributed by atoms with E-state index in [2.05, 4.69) is 5.32 Å². The van der Waals surface area contributed by atoms with Gasteiger partial charge in [0.2, 0.25) is 0 Å². The molecule has 1 aliphatic heterocycles. The number of morpholine rings is 1. The van der Waals surface area contributed by atoms with Gasteiger partial charge in [0.15, 0.2) is 0 Å². The van der Waals surface area contributed by atoms with Gasteiger partial charge in [-0.2, -0.15) is 0 Å². The third kappa shape index (κ3) is 4.63. The lowest BCUT2D eigenvalue weighted by molar-refractivity contribution is -0.155. The van der Waals surface area contributed by atoms with Crippen LogP contribution in [0.2, 0.25) is 0 Å². The summed E-state index contributed by atoms with van der Waals surface area (Å²) in [5, 5.41) is 3.12. The molecule has 0 spiro atoms. The zero-order valence-electron chi connectivity index (χ0n) is 11.1. The van der Waals surface area contributed by atoms with E-state index in [1.165, 1.54) is 0 Å². The van der Waals surface area contributed by atoms with E-state index in [4.69, 9.17) is 9.47 Å². The lowest BCUT2D eigenvalue weighted by Gasteiger charge is -2.29. The van der Waals surface area contributed by atoms with Crippen molar-refractivity contribution >= 4 is 24.3 Å². The number of esters is 1. The Kier molecular flexibility index (Phi) is 6.54. The summed E-state index contributed by atoms with van der Waals surface area (Å²) in [7, 11) is 0. The average Bonchev–Trinajstić information content (AvgIpc) is 3.21. The first-order valence-electron chi connectivity index (χ1n) is 6.50. The second kappa shape index (κ2) is 7.67. The van der Waals surface area contributed by atoms with E-state index in [0.717, 1.165) is 19.4 Å². The van der Waals surface area contributed by atoms with Crippen LogP contribution < -0.4 is 5.32 Å². The molecule has 2 fully saturated rings. The van der Waals surface area contributed by atoms with Crippen molar-refractivity contribution in [3.63, 3.8) is 0 Å². The third-order valence-electron chi connectivity index (χ3n) is 3.08. The fourth-order valence-corrected chi connectivity index (χ4v) is 2.03. The molecule has 110 valence electrons. The zero-order chi connectivity index (χ0) is 13.0. The average molecular weight is 293 g/mol. The molecule has 6 nitrogen and oxygen atoms in total. The lowest BCUT2D eigenvalue weighted by atomic mass is 10.2. The molecule has 0 radical (unpaired) electrons. The molecule has 1 unspecified atom stereocenters. The van der Waals surface area contributed by atoms with Gasteiger partial charge in [0, 0.05) is 19.1 Å². The fourth-order valence-electron chi connectivity index (χ4n) is 2.03. The molecule has 1 aliphatic carbocycles. The standard InChI is InChI=1S/C12H20N2O4.ClH/c1-2-17-11(15)8-14(9-3-4-9)12(16)10-7-13-5-6-18-10;/h9-10,13H,2-8H2,1H3;1H. The Hall–Kier alpha value is -0.850. The van der Waals surface area contributed by atoms with Gasteiger partial charge in [0.05, 0.1) is 13.2 Å². The maximum atomic E-state index is 12.3. The largest absolute Gasteiger partial charge is 0.465 e. The molecule has 1 saturated heterocycles. The zero-order valence-corrected chi connectivity index (χ0v) is 11.9. The molecular formula is C12H21ClN2O4. The van der Waals surface area contributed by atoms with Gasteiger partial charge in [0.1, 0.15) is 12.6 Å². The SMILES string of the molecule is CCOC(=O)CN(C(=O)C1CNCCO1)C1CC1.Cl. The number of ether oxygens (including phenoxy) is 2. The third-order valence-corrected chi connectivity index (χ3v) is 3.08. The number of rotatable bonds is 5. The van der Waals surface area contributed by atoms with Gasteiger partial charge in [-0.25, -0.2) is 0 Å². The molecule has 1 amide bonds. The smallest absolute Gasteiger partial charge is 0.325 e. The highest BCUT2D eigenvalue weighted by molar-refractivity contribution is 5.86. The van der Waals surface area contributed by atoms with Crippen LogP contribution in [0.15, 0.2) is 0 Å². The van der Waals surface area contributed by atoms with Gasteiger partial charge in [-0.3, -0.25) is 9.59 Å². The van der Waals surface area contributed by atoms with Gasteiger partial charge in [-0.1, -0.05) is 0 Å². The summed E-state index contributed by atoms with van der Waals surface area (Å²) in [6, 6.07) is 0.187. The number of nitrogens with one attached hydrogen (secondary N) is 1. The molecule has 0 bridgehead atoms. The second-order valence-corrected chi connectivity index (χ2v) is 4.57. The number of nitrogens with zero attached hydrogens (tertiary/aromatic N) is 1. The molecule has 1 saturated carbocycles. The number of carbonyl (C=O) groups is 2. The molecule has 1 N–H and O–H groups in total. The van der Waals surface area contributed by atoms with E-state index in [1.54, 1.807) is 11.8 Å². The van der Waals surface area contributed by atoms with Crippen LogP contribution in [-0.4, -0.2) is 61.8 Å². The Morgan fingerprint density at radius 3 is 2.68 bits per heavy atom. The Bertz CT molecular complexity index is 317. The quantitative estimate of drug-likeness (QED) is 0.720. The van der Waals surface area contributed by atoms with Crippen LogP contribution in [0.25, 0.3) is 0 Å². The molecule has 0 aromatic heterocycles. The summed E-state index contributed by atoms with van der Waals surface area (Å²) in [5.41, 5.74) is 0. The monoisotopic (exact) mass is 292 g/mol. The van der Waals surface area contributed by atoms with E-state index in [9.17, 15) is 9.59 Å². The highest BCUT2D eigenvalue weighted by Gasteiger charge is 2.38. The molecule has 7 heteroatoms. The number of hydrogen-bond donors (Lipinski definition) is 1. The Balaban J connectivity index is 0.00000180. The van der Waals surface area contributed by atoms with E-state index < -0.39 is 6.10 Å². The van der Waals surface area contributed by atoms with E-state index in [0.29, 0.717) is 19.8 Å². The summed E-state index contributed by atoms with van der Waals surface area (Å²) in [5.74, 6) is -0.445. The highest BCUT2D eigenvalue weighted by Crippen LogP contribution is 2.27. The number of carbonyl (C=O) groups excluding carboxylic acids is 2. The van der Waals surface area contributed by atoms with E-state index >= 15 is 0 Å². The molecule has 1 atom stereocenters. The minimum absolute atomic E-state index is 0. The molecule has 2 rings (SSSR count). The van der Waals surface area contributed by atoms with Crippen LogP contribution in [0.4, 0.5) is 0 Å². The van der Waals surface area contributed by atoms with Crippen molar-refractivity contribution in [2.45, 2.75) is 31.9 Å². The van der Waals surface area contributed by atoms with Crippen molar-refractivity contribution in [1.29, 1.82) is 0 Å². The van der Waals surface area contributed by atoms with E-state index in [-0.39, 0.29) is 36.9 Å². The van der Waals surface area contributed by atoms with Crippen molar-refractivity contribution in [3.05, 3.63) is 0 Å². The summed E-state index contributed by atoms with van der Waals surface area (Å²) in [6.45, 7) is 3.96. The van der Waals surface area contributed by atoms with E-state index in [1.807, 2.05) is 0 Å². The Morgan fingerprint density at radius 2 is 2.16 bits per heavy atom. The first-order valence-corrected chi connectivity index (χ1v) is 6.50. The molecule has 0 aromatic rings. The van der Waals surface area contributed by atoms with Gasteiger partial charge >= 0.3 is 5.97 Å². The van der Waals surface area contributed by atoms with Crippen LogP contribution in [0.1, 0.15) is 19.8 Å². The minimum atomic E-state index is -0.464. The normalized spacial score (nSPS) is 22.3. The van der Waals surface area contributed by atoms with Crippen LogP contribution >= 0.6 is 12.4 Å². The lowest BCUT2D eigenvalue weighted by Crippen LogP contribution is -2.51. The molecular weight excluding hydrogens is 272 g/mol. The van der Waals surface area contributed by atoms with Crippen LogP contribution in [0.3, 0.4) is 0 Å². The van der Waals surface area contributed by atoms with Crippen LogP contribution in [0, 0.1) is 0 Å². The van der Waals surface area contributed by atoms with Crippen molar-refractivity contribution in [1.82, 2.24) is 10.2 Å². The topological polar surface area (TPSA) is 67.9 Å². The van der Waals surface area contributed by atoms with Crippen molar-refractivity contribution in [3.8, 4) is 0 Å². The number of halogens is 1. The highest BCUT2D eigenvalue weighted by atomic mass is 35.5. The summed E-state index contributed by atoms with van der Waals surface area (Å²) < 4.78 is 10.3. The van der Waals surface area contributed by atoms with Gasteiger partial charge < -0.3 is 19.7 Å². The predicted octanol–water partition coefficient (Wildman–Crippen LogP) is -0.0493. The maximum absolute atomic E-state index is 12.3. The fraction of sp³-hybridized carbons (Fsp3) is 0.833. The molecule has 2 aliphatic rings. The summed E-state index contributed by atoms with van der Waals surface area (Å²) >= 11 is 0. The van der Waals surface area contributed by atoms with Gasteiger partial charge in [-0.05, 0) is 19.8 Å². The van der Waals surface area contributed by atoms with Gasteiger partial charge in [-0.15, -0.1) is 12.4 Å². The first kappa shape index (κ1) is 16.2.